The van der Waals surface area contributed by atoms with E-state index in [9.17, 15) is 0 Å². The van der Waals surface area contributed by atoms with Crippen molar-refractivity contribution >= 4 is 44.0 Å². The second-order valence-corrected chi connectivity index (χ2v) is 4.37. The van der Waals surface area contributed by atoms with Crippen LogP contribution in [0.15, 0.2) is 15.7 Å². The van der Waals surface area contributed by atoms with E-state index in [2.05, 4.69) is 21.1 Å². The van der Waals surface area contributed by atoms with Crippen LogP contribution in [0, 0.1) is 6.92 Å². The van der Waals surface area contributed by atoms with Gasteiger partial charge in [-0.05, 0) is 28.9 Å². The fourth-order valence-corrected chi connectivity index (χ4v) is 2.19. The quantitative estimate of drug-likeness (QED) is 0.466. The summed E-state index contributed by atoms with van der Waals surface area (Å²) in [5.41, 5.74) is 0. The Morgan fingerprint density at radius 2 is 2.45 bits per heavy atom. The first kappa shape index (κ1) is 9.03. The molecule has 0 atom stereocenters. The van der Waals surface area contributed by atoms with Crippen molar-refractivity contribution in [2.75, 3.05) is 0 Å². The molecule has 0 bridgehead atoms. The topological polar surface area (TPSA) is 32.6 Å². The molecule has 0 radical (unpaired) electrons. The molecule has 1 heterocycles. The van der Waals surface area contributed by atoms with Crippen molar-refractivity contribution in [2.24, 2.45) is 5.16 Å². The van der Waals surface area contributed by atoms with Crippen LogP contribution >= 0.6 is 38.9 Å². The maximum Gasteiger partial charge on any atom is 0.185 e. The van der Waals surface area contributed by atoms with Gasteiger partial charge in [0, 0.05) is 9.35 Å². The molecule has 1 aromatic heterocycles. The minimum Gasteiger partial charge on any atom is -0.410 e. The molecular formula is C6H5BrClNOS. The lowest BCUT2D eigenvalue weighted by molar-refractivity contribution is 0.321. The zero-order chi connectivity index (χ0) is 8.43. The Hall–Kier alpha value is -0.0600. The van der Waals surface area contributed by atoms with Gasteiger partial charge in [-0.2, -0.15) is 0 Å². The molecule has 0 amide bonds. The van der Waals surface area contributed by atoms with E-state index in [1.807, 2.05) is 13.0 Å². The summed E-state index contributed by atoms with van der Waals surface area (Å²) in [5, 5.41) is 11.3. The molecule has 1 N–H and O–H groups in total. The van der Waals surface area contributed by atoms with Crippen LogP contribution in [-0.2, 0) is 0 Å². The molecule has 2 nitrogen and oxygen atoms in total. The molecule has 0 unspecified atom stereocenters. The first-order chi connectivity index (χ1) is 5.15. The standard InChI is InChI=1S/C6H5BrClNOS/c1-3-4(7)2-5(11-3)6(8)9-10/h2,10H,1H3. The Balaban J connectivity index is 3.07. The van der Waals surface area contributed by atoms with Crippen LogP contribution in [0.2, 0.25) is 0 Å². The van der Waals surface area contributed by atoms with Crippen LogP contribution < -0.4 is 0 Å². The maximum atomic E-state index is 8.34. The zero-order valence-corrected chi connectivity index (χ0v) is 8.79. The normalized spacial score (nSPS) is 12.1. The highest BCUT2D eigenvalue weighted by molar-refractivity contribution is 9.10. The van der Waals surface area contributed by atoms with Crippen LogP contribution in [0.1, 0.15) is 9.75 Å². The number of hydrogen-bond acceptors (Lipinski definition) is 3. The van der Waals surface area contributed by atoms with Crippen LogP contribution in [0.4, 0.5) is 0 Å². The van der Waals surface area contributed by atoms with Crippen molar-refractivity contribution in [3.05, 3.63) is 20.3 Å². The smallest absolute Gasteiger partial charge is 0.185 e. The zero-order valence-electron chi connectivity index (χ0n) is 5.64. The summed E-state index contributed by atoms with van der Waals surface area (Å²) >= 11 is 10.4. The molecule has 1 rings (SSSR count). The fourth-order valence-electron chi connectivity index (χ4n) is 0.611. The first-order valence-electron chi connectivity index (χ1n) is 2.79. The van der Waals surface area contributed by atoms with E-state index in [4.69, 9.17) is 16.8 Å². The van der Waals surface area contributed by atoms with Gasteiger partial charge in [-0.25, -0.2) is 0 Å². The average Bonchev–Trinajstić information content (AvgIpc) is 2.31. The van der Waals surface area contributed by atoms with Crippen LogP contribution in [-0.4, -0.2) is 10.4 Å². The monoisotopic (exact) mass is 253 g/mol. The molecular weight excluding hydrogens is 249 g/mol. The average molecular weight is 255 g/mol. The fraction of sp³-hybridized carbons (Fsp3) is 0.167. The van der Waals surface area contributed by atoms with Gasteiger partial charge in [-0.1, -0.05) is 16.8 Å². The minimum atomic E-state index is 0.129. The van der Waals surface area contributed by atoms with Gasteiger partial charge in [-0.3, -0.25) is 0 Å². The number of oxime groups is 1. The summed E-state index contributed by atoms with van der Waals surface area (Å²) in [4.78, 5) is 1.88. The van der Waals surface area contributed by atoms with E-state index < -0.39 is 0 Å². The van der Waals surface area contributed by atoms with Gasteiger partial charge < -0.3 is 5.21 Å². The van der Waals surface area contributed by atoms with E-state index >= 15 is 0 Å². The Morgan fingerprint density at radius 3 is 2.82 bits per heavy atom. The van der Waals surface area contributed by atoms with Gasteiger partial charge in [-0.15, -0.1) is 11.3 Å². The SMILES string of the molecule is Cc1sc(C(Cl)=NO)cc1Br. The molecule has 1 aromatic rings. The summed E-state index contributed by atoms with van der Waals surface area (Å²) in [5.74, 6) is 0. The summed E-state index contributed by atoms with van der Waals surface area (Å²) in [6.45, 7) is 1.96. The van der Waals surface area contributed by atoms with Crippen LogP contribution in [0.3, 0.4) is 0 Å². The molecule has 0 aliphatic carbocycles. The predicted octanol–water partition coefficient (Wildman–Crippen LogP) is 3.19. The van der Waals surface area contributed by atoms with Crippen LogP contribution in [0.25, 0.3) is 0 Å². The van der Waals surface area contributed by atoms with Gasteiger partial charge in [0.2, 0.25) is 0 Å². The lowest BCUT2D eigenvalue weighted by Crippen LogP contribution is -1.83. The summed E-state index contributed by atoms with van der Waals surface area (Å²) in [6, 6.07) is 1.82. The molecule has 0 aliphatic heterocycles. The molecule has 60 valence electrons. The molecule has 0 saturated heterocycles. The van der Waals surface area contributed by atoms with E-state index in [-0.39, 0.29) is 5.17 Å². The van der Waals surface area contributed by atoms with E-state index in [1.165, 1.54) is 11.3 Å². The predicted molar refractivity (Wildman–Crippen MR) is 50.9 cm³/mol. The lowest BCUT2D eigenvalue weighted by atomic mass is 10.4. The third-order valence-electron chi connectivity index (χ3n) is 1.15. The highest BCUT2D eigenvalue weighted by Crippen LogP contribution is 2.27. The molecule has 0 fully saturated rings. The summed E-state index contributed by atoms with van der Waals surface area (Å²) < 4.78 is 0.985. The Bertz CT molecular complexity index is 277. The Kier molecular flexibility index (Phi) is 2.92. The lowest BCUT2D eigenvalue weighted by Gasteiger charge is -1.85. The summed E-state index contributed by atoms with van der Waals surface area (Å²) in [6.07, 6.45) is 0. The van der Waals surface area contributed by atoms with Crippen molar-refractivity contribution in [3.63, 3.8) is 0 Å². The van der Waals surface area contributed by atoms with Gasteiger partial charge >= 0.3 is 0 Å². The number of thiophene rings is 1. The van der Waals surface area contributed by atoms with Crippen molar-refractivity contribution in [3.8, 4) is 0 Å². The number of aryl methyl sites for hydroxylation is 1. The molecule has 5 heteroatoms. The van der Waals surface area contributed by atoms with Crippen molar-refractivity contribution in [1.29, 1.82) is 0 Å². The Labute approximate surface area is 81.6 Å². The maximum absolute atomic E-state index is 8.34. The molecule has 0 aromatic carbocycles. The molecule has 0 saturated carbocycles. The number of nitrogens with zero attached hydrogens (tertiary/aromatic N) is 1. The van der Waals surface area contributed by atoms with E-state index in [0.29, 0.717) is 0 Å². The van der Waals surface area contributed by atoms with Crippen molar-refractivity contribution in [1.82, 2.24) is 0 Å². The van der Waals surface area contributed by atoms with Gasteiger partial charge in [0.05, 0.1) is 4.88 Å². The van der Waals surface area contributed by atoms with Crippen molar-refractivity contribution < 1.29 is 5.21 Å². The van der Waals surface area contributed by atoms with E-state index in [1.54, 1.807) is 0 Å². The second kappa shape index (κ2) is 3.56. The minimum absolute atomic E-state index is 0.129. The highest BCUT2D eigenvalue weighted by atomic mass is 79.9. The third kappa shape index (κ3) is 1.95. The van der Waals surface area contributed by atoms with Gasteiger partial charge in [0.25, 0.3) is 0 Å². The molecule has 11 heavy (non-hydrogen) atoms. The third-order valence-corrected chi connectivity index (χ3v) is 3.68. The number of rotatable bonds is 1. The molecule has 0 spiro atoms. The van der Waals surface area contributed by atoms with Gasteiger partial charge in [0.15, 0.2) is 5.17 Å². The second-order valence-electron chi connectivity index (χ2n) is 1.91. The number of halogens is 2. The molecule has 0 aliphatic rings. The highest BCUT2D eigenvalue weighted by Gasteiger charge is 2.06. The Morgan fingerprint density at radius 1 is 1.82 bits per heavy atom. The number of hydrogen-bond donors (Lipinski definition) is 1. The van der Waals surface area contributed by atoms with Crippen molar-refractivity contribution in [2.45, 2.75) is 6.92 Å². The summed E-state index contributed by atoms with van der Waals surface area (Å²) in [7, 11) is 0. The first-order valence-corrected chi connectivity index (χ1v) is 4.77. The van der Waals surface area contributed by atoms with E-state index in [0.717, 1.165) is 14.2 Å². The van der Waals surface area contributed by atoms with Gasteiger partial charge in [0.1, 0.15) is 0 Å². The largest absolute Gasteiger partial charge is 0.410 e. The van der Waals surface area contributed by atoms with Crippen LogP contribution in [0.5, 0.6) is 0 Å².